The van der Waals surface area contributed by atoms with Crippen LogP contribution in [-0.2, 0) is 19.2 Å². The molecule has 0 amide bonds. The number of ether oxygens (including phenoxy) is 2. The Hall–Kier alpha value is -0.160. The highest BCUT2D eigenvalue weighted by Gasteiger charge is 2.69. The molecule has 0 aromatic heterocycles. The fourth-order valence-electron chi connectivity index (χ4n) is 5.71. The largest absolute Gasteiger partial charge is 0.346 e. The van der Waals surface area contributed by atoms with E-state index in [2.05, 4.69) is 20.8 Å². The Bertz CT molecular complexity index is 455. The van der Waals surface area contributed by atoms with Crippen molar-refractivity contribution in [1.29, 1.82) is 0 Å². The second-order valence-corrected chi connectivity index (χ2v) is 8.59. The molecular weight excluding hydrogens is 292 g/mol. The lowest BCUT2D eigenvalue weighted by Crippen LogP contribution is -2.70. The molecule has 0 aromatic carbocycles. The van der Waals surface area contributed by atoms with Gasteiger partial charge in [0.05, 0.1) is 6.10 Å². The van der Waals surface area contributed by atoms with Crippen LogP contribution < -0.4 is 0 Å². The van der Waals surface area contributed by atoms with E-state index in [1.165, 1.54) is 25.7 Å². The van der Waals surface area contributed by atoms with Crippen molar-refractivity contribution >= 4 is 0 Å². The number of rotatable bonds is 3. The SMILES string of the molecule is CCCC[C@H]1O[C@@H]2OC3(C)CCC4[C@H](C)CC[C@@H]([C@H]1C)C42OO3. The van der Waals surface area contributed by atoms with Crippen LogP contribution in [0.5, 0.6) is 0 Å². The zero-order chi connectivity index (χ0) is 16.2. The van der Waals surface area contributed by atoms with Gasteiger partial charge in [-0.3, -0.25) is 0 Å². The van der Waals surface area contributed by atoms with Gasteiger partial charge in [-0.15, -0.1) is 0 Å². The topological polar surface area (TPSA) is 36.9 Å². The van der Waals surface area contributed by atoms with E-state index in [-0.39, 0.29) is 12.4 Å². The van der Waals surface area contributed by atoms with E-state index >= 15 is 0 Å². The van der Waals surface area contributed by atoms with Crippen molar-refractivity contribution in [2.24, 2.45) is 23.7 Å². The van der Waals surface area contributed by atoms with E-state index in [0.717, 1.165) is 19.3 Å². The van der Waals surface area contributed by atoms with Crippen LogP contribution in [0.15, 0.2) is 0 Å². The highest BCUT2D eigenvalue weighted by atomic mass is 17.3. The maximum Gasteiger partial charge on any atom is 0.201 e. The predicted octanol–water partition coefficient (Wildman–Crippen LogP) is 4.43. The number of unbranched alkanes of at least 4 members (excludes halogenated alkanes) is 1. The van der Waals surface area contributed by atoms with E-state index < -0.39 is 11.4 Å². The van der Waals surface area contributed by atoms with Crippen LogP contribution in [0.25, 0.3) is 0 Å². The van der Waals surface area contributed by atoms with Gasteiger partial charge in [-0.05, 0) is 50.4 Å². The van der Waals surface area contributed by atoms with Gasteiger partial charge in [0.1, 0.15) is 0 Å². The molecule has 1 aliphatic carbocycles. The third-order valence-electron chi connectivity index (χ3n) is 7.14. The molecule has 5 rings (SSSR count). The molecule has 132 valence electrons. The summed E-state index contributed by atoms with van der Waals surface area (Å²) in [5.74, 6) is 1.46. The summed E-state index contributed by atoms with van der Waals surface area (Å²) in [5.41, 5.74) is -0.393. The third-order valence-corrected chi connectivity index (χ3v) is 7.14. The van der Waals surface area contributed by atoms with Crippen molar-refractivity contribution < 1.29 is 19.2 Å². The molecular formula is C19H32O4. The van der Waals surface area contributed by atoms with Crippen molar-refractivity contribution in [3.8, 4) is 0 Å². The molecule has 0 radical (unpaired) electrons. The summed E-state index contributed by atoms with van der Waals surface area (Å²) in [6.45, 7) is 8.96. The van der Waals surface area contributed by atoms with Gasteiger partial charge in [0.15, 0.2) is 11.9 Å². The second kappa shape index (κ2) is 5.69. The third kappa shape index (κ3) is 2.32. The van der Waals surface area contributed by atoms with Crippen molar-refractivity contribution in [2.75, 3.05) is 0 Å². The molecule has 23 heavy (non-hydrogen) atoms. The fourth-order valence-corrected chi connectivity index (χ4v) is 5.71. The molecule has 1 saturated carbocycles. The number of fused-ring (bicyclic) bond motifs is 2. The average Bonchev–Trinajstić information content (AvgIpc) is 2.76. The Morgan fingerprint density at radius 2 is 1.87 bits per heavy atom. The summed E-state index contributed by atoms with van der Waals surface area (Å²) in [7, 11) is 0. The monoisotopic (exact) mass is 324 g/mol. The zero-order valence-electron chi connectivity index (χ0n) is 15.0. The van der Waals surface area contributed by atoms with Crippen molar-refractivity contribution in [1.82, 2.24) is 0 Å². The van der Waals surface area contributed by atoms with Crippen molar-refractivity contribution in [3.63, 3.8) is 0 Å². The van der Waals surface area contributed by atoms with Crippen molar-refractivity contribution in [2.45, 2.75) is 96.4 Å². The Kier molecular flexibility index (Phi) is 4.03. The van der Waals surface area contributed by atoms with E-state index in [1.807, 2.05) is 6.92 Å². The molecule has 0 aromatic rings. The number of hydrogen-bond acceptors (Lipinski definition) is 4. The summed E-state index contributed by atoms with van der Waals surface area (Å²) < 4.78 is 12.9. The van der Waals surface area contributed by atoms with E-state index in [1.54, 1.807) is 0 Å². The molecule has 4 saturated heterocycles. The van der Waals surface area contributed by atoms with Crippen LogP contribution in [0.1, 0.15) is 72.6 Å². The first-order chi connectivity index (χ1) is 11.0. The molecule has 1 spiro atoms. The van der Waals surface area contributed by atoms with E-state index in [0.29, 0.717) is 23.7 Å². The molecule has 4 heteroatoms. The summed E-state index contributed by atoms with van der Waals surface area (Å²) in [5, 5.41) is 0. The lowest BCUT2D eigenvalue weighted by atomic mass is 9.57. The molecule has 5 aliphatic rings. The first-order valence-electron chi connectivity index (χ1n) is 9.70. The van der Waals surface area contributed by atoms with E-state index in [4.69, 9.17) is 19.2 Å². The van der Waals surface area contributed by atoms with Crippen LogP contribution in [0, 0.1) is 23.7 Å². The smallest absolute Gasteiger partial charge is 0.201 e. The van der Waals surface area contributed by atoms with Gasteiger partial charge in [-0.2, -0.15) is 0 Å². The fraction of sp³-hybridized carbons (Fsp3) is 1.00. The van der Waals surface area contributed by atoms with Crippen molar-refractivity contribution in [3.05, 3.63) is 0 Å². The van der Waals surface area contributed by atoms with Crippen LogP contribution >= 0.6 is 0 Å². The molecule has 4 heterocycles. The summed E-state index contributed by atoms with van der Waals surface area (Å²) >= 11 is 0. The Morgan fingerprint density at radius 1 is 1.04 bits per heavy atom. The highest BCUT2D eigenvalue weighted by molar-refractivity contribution is 5.09. The molecule has 0 N–H and O–H groups in total. The second-order valence-electron chi connectivity index (χ2n) is 8.59. The number of hydrogen-bond donors (Lipinski definition) is 0. The standard InChI is InChI=1S/C19H32O4/c1-5-6-7-16-13(3)15-9-8-12(2)14-10-11-18(4)21-17(20-16)19(14,15)23-22-18/h12-17H,5-11H2,1-4H3/t12-,13-,14?,15+,16-,17-,18?,19?/m1/s1. The van der Waals surface area contributed by atoms with Gasteiger partial charge < -0.3 is 9.47 Å². The molecule has 8 atom stereocenters. The van der Waals surface area contributed by atoms with Crippen LogP contribution in [0.3, 0.4) is 0 Å². The lowest BCUT2D eigenvalue weighted by Gasteiger charge is -2.60. The minimum absolute atomic E-state index is 0.264. The average molecular weight is 324 g/mol. The maximum absolute atomic E-state index is 6.53. The Labute approximate surface area is 140 Å². The molecule has 2 bridgehead atoms. The van der Waals surface area contributed by atoms with Gasteiger partial charge in [-0.25, -0.2) is 9.78 Å². The summed E-state index contributed by atoms with van der Waals surface area (Å²) in [6.07, 6.45) is 8.07. The van der Waals surface area contributed by atoms with Gasteiger partial charge in [0.25, 0.3) is 0 Å². The summed E-state index contributed by atoms with van der Waals surface area (Å²) in [6, 6.07) is 0. The van der Waals surface area contributed by atoms with Crippen LogP contribution in [0.4, 0.5) is 0 Å². The minimum Gasteiger partial charge on any atom is -0.346 e. The van der Waals surface area contributed by atoms with Gasteiger partial charge in [0.2, 0.25) is 5.79 Å². The van der Waals surface area contributed by atoms with Crippen LogP contribution in [0.2, 0.25) is 0 Å². The Balaban J connectivity index is 1.70. The predicted molar refractivity (Wildman–Crippen MR) is 86.4 cm³/mol. The van der Waals surface area contributed by atoms with Gasteiger partial charge in [-0.1, -0.05) is 33.6 Å². The first kappa shape index (κ1) is 16.3. The molecule has 4 nitrogen and oxygen atoms in total. The zero-order valence-corrected chi connectivity index (χ0v) is 15.0. The summed E-state index contributed by atoms with van der Waals surface area (Å²) in [4.78, 5) is 12.0. The lowest BCUT2D eigenvalue weighted by molar-refractivity contribution is -0.571. The van der Waals surface area contributed by atoms with Gasteiger partial charge in [0, 0.05) is 12.3 Å². The molecule has 4 aliphatic heterocycles. The van der Waals surface area contributed by atoms with Gasteiger partial charge >= 0.3 is 0 Å². The molecule has 3 unspecified atom stereocenters. The Morgan fingerprint density at radius 3 is 2.65 bits per heavy atom. The van der Waals surface area contributed by atoms with Crippen LogP contribution in [-0.4, -0.2) is 23.8 Å². The van der Waals surface area contributed by atoms with E-state index in [9.17, 15) is 0 Å². The maximum atomic E-state index is 6.53. The normalized spacial score (nSPS) is 55.3. The quantitative estimate of drug-likeness (QED) is 0.720. The highest BCUT2D eigenvalue weighted by Crippen LogP contribution is 2.60. The minimum atomic E-state index is -0.645. The first-order valence-corrected chi connectivity index (χ1v) is 9.70. The molecule has 5 fully saturated rings.